The van der Waals surface area contributed by atoms with Crippen molar-refractivity contribution < 1.29 is 4.74 Å². The molecule has 1 fully saturated rings. The van der Waals surface area contributed by atoms with E-state index in [2.05, 4.69) is 16.4 Å². The van der Waals surface area contributed by atoms with Gasteiger partial charge in [-0.15, -0.1) is 0 Å². The van der Waals surface area contributed by atoms with Gasteiger partial charge in [-0.1, -0.05) is 32.1 Å². The summed E-state index contributed by atoms with van der Waals surface area (Å²) in [6, 6.07) is 2.53. The molecule has 1 aromatic rings. The Morgan fingerprint density at radius 3 is 2.65 bits per heavy atom. The van der Waals surface area contributed by atoms with Crippen molar-refractivity contribution in [3.63, 3.8) is 0 Å². The number of nitrogens with one attached hydrogen (secondary N) is 1. The van der Waals surface area contributed by atoms with Gasteiger partial charge in [-0.3, -0.25) is 4.98 Å². The van der Waals surface area contributed by atoms with Crippen LogP contribution in [0.5, 0.6) is 5.75 Å². The van der Waals surface area contributed by atoms with Gasteiger partial charge in [0.15, 0.2) is 0 Å². The standard InChI is InChI=1S/C17H28N2O/c1-13(2)20-16-10-15(11-19-12-16)17(18-3)9-14-7-5-4-6-8-14/h10-14,17-18H,4-9H2,1-3H3. The number of pyridine rings is 1. The molecule has 3 heteroatoms. The van der Waals surface area contributed by atoms with Crippen molar-refractivity contribution in [3.05, 3.63) is 24.0 Å². The van der Waals surface area contributed by atoms with Gasteiger partial charge >= 0.3 is 0 Å². The molecule has 1 aromatic heterocycles. The normalized spacial score (nSPS) is 18.2. The Morgan fingerprint density at radius 1 is 1.25 bits per heavy atom. The first-order chi connectivity index (χ1) is 9.69. The van der Waals surface area contributed by atoms with Crippen LogP contribution < -0.4 is 10.1 Å². The van der Waals surface area contributed by atoms with Crippen molar-refractivity contribution in [3.8, 4) is 5.75 Å². The molecule has 1 aliphatic rings. The minimum Gasteiger partial charge on any atom is -0.489 e. The van der Waals surface area contributed by atoms with Crippen LogP contribution >= 0.6 is 0 Å². The van der Waals surface area contributed by atoms with E-state index >= 15 is 0 Å². The number of ether oxygens (including phenoxy) is 1. The highest BCUT2D eigenvalue weighted by Gasteiger charge is 2.19. The zero-order chi connectivity index (χ0) is 14.4. The van der Waals surface area contributed by atoms with Crippen LogP contribution in [0.4, 0.5) is 0 Å². The van der Waals surface area contributed by atoms with Crippen molar-refractivity contribution in [2.45, 2.75) is 64.5 Å². The maximum absolute atomic E-state index is 5.75. The van der Waals surface area contributed by atoms with Gasteiger partial charge in [0.05, 0.1) is 12.3 Å². The second-order valence-electron chi connectivity index (χ2n) is 6.20. The summed E-state index contributed by atoms with van der Waals surface area (Å²) in [5, 5.41) is 3.45. The molecule has 20 heavy (non-hydrogen) atoms. The van der Waals surface area contributed by atoms with Gasteiger partial charge in [0, 0.05) is 12.2 Å². The molecule has 2 rings (SSSR count). The quantitative estimate of drug-likeness (QED) is 0.849. The summed E-state index contributed by atoms with van der Waals surface area (Å²) in [5.74, 6) is 1.73. The van der Waals surface area contributed by atoms with Crippen LogP contribution in [-0.4, -0.2) is 18.1 Å². The van der Waals surface area contributed by atoms with Gasteiger partial charge in [-0.2, -0.15) is 0 Å². The van der Waals surface area contributed by atoms with Crippen LogP contribution in [-0.2, 0) is 0 Å². The van der Waals surface area contributed by atoms with Crippen LogP contribution in [0.15, 0.2) is 18.5 Å². The molecule has 0 aromatic carbocycles. The number of nitrogens with zero attached hydrogens (tertiary/aromatic N) is 1. The van der Waals surface area contributed by atoms with Gasteiger partial charge < -0.3 is 10.1 Å². The lowest BCUT2D eigenvalue weighted by atomic mass is 9.83. The van der Waals surface area contributed by atoms with Crippen molar-refractivity contribution >= 4 is 0 Å². The molecular formula is C17H28N2O. The minimum atomic E-state index is 0.193. The van der Waals surface area contributed by atoms with Crippen LogP contribution in [0.3, 0.4) is 0 Å². The Kier molecular flexibility index (Phi) is 5.84. The second-order valence-corrected chi connectivity index (χ2v) is 6.20. The van der Waals surface area contributed by atoms with Crippen LogP contribution in [0.25, 0.3) is 0 Å². The molecule has 112 valence electrons. The van der Waals surface area contributed by atoms with E-state index in [4.69, 9.17) is 4.74 Å². The molecule has 1 saturated carbocycles. The Hall–Kier alpha value is -1.09. The average molecular weight is 276 g/mol. The molecule has 0 radical (unpaired) electrons. The van der Waals surface area contributed by atoms with Gasteiger partial charge in [0.25, 0.3) is 0 Å². The van der Waals surface area contributed by atoms with Gasteiger partial charge in [0.1, 0.15) is 5.75 Å². The van der Waals surface area contributed by atoms with Crippen molar-refractivity contribution in [1.29, 1.82) is 0 Å². The summed E-state index contributed by atoms with van der Waals surface area (Å²) in [6.45, 7) is 4.09. The highest BCUT2D eigenvalue weighted by atomic mass is 16.5. The fraction of sp³-hybridized carbons (Fsp3) is 0.706. The maximum atomic E-state index is 5.75. The Balaban J connectivity index is 2.02. The zero-order valence-electron chi connectivity index (χ0n) is 13.1. The first-order valence-corrected chi connectivity index (χ1v) is 7.98. The topological polar surface area (TPSA) is 34.2 Å². The summed E-state index contributed by atoms with van der Waals surface area (Å²) < 4.78 is 5.75. The third-order valence-electron chi connectivity index (χ3n) is 4.15. The largest absolute Gasteiger partial charge is 0.489 e. The molecule has 0 amide bonds. The lowest BCUT2D eigenvalue weighted by Crippen LogP contribution is -2.21. The monoisotopic (exact) mass is 276 g/mol. The van der Waals surface area contributed by atoms with Crippen molar-refractivity contribution in [2.75, 3.05) is 7.05 Å². The molecule has 0 aliphatic heterocycles. The van der Waals surface area contributed by atoms with Crippen LogP contribution in [0, 0.1) is 5.92 Å². The molecule has 3 nitrogen and oxygen atoms in total. The minimum absolute atomic E-state index is 0.193. The highest BCUT2D eigenvalue weighted by Crippen LogP contribution is 2.32. The molecule has 1 N–H and O–H groups in total. The summed E-state index contributed by atoms with van der Waals surface area (Å²) in [5.41, 5.74) is 1.25. The molecule has 0 spiro atoms. The molecule has 1 heterocycles. The maximum Gasteiger partial charge on any atom is 0.138 e. The molecule has 1 unspecified atom stereocenters. The summed E-state index contributed by atoms with van der Waals surface area (Å²) in [6.07, 6.45) is 12.2. The smallest absolute Gasteiger partial charge is 0.138 e. The Labute approximate surface area is 123 Å². The first kappa shape index (κ1) is 15.3. The van der Waals surface area contributed by atoms with E-state index in [0.717, 1.165) is 11.7 Å². The number of hydrogen-bond acceptors (Lipinski definition) is 3. The summed E-state index contributed by atoms with van der Waals surface area (Å²) in [4.78, 5) is 4.33. The molecule has 1 atom stereocenters. The lowest BCUT2D eigenvalue weighted by Gasteiger charge is -2.26. The fourth-order valence-electron chi connectivity index (χ4n) is 3.14. The molecular weight excluding hydrogens is 248 g/mol. The highest BCUT2D eigenvalue weighted by molar-refractivity contribution is 5.26. The number of hydrogen-bond donors (Lipinski definition) is 1. The van der Waals surface area contributed by atoms with Gasteiger partial charge in [0.2, 0.25) is 0 Å². The van der Waals surface area contributed by atoms with E-state index in [1.165, 1.54) is 44.1 Å². The average Bonchev–Trinajstić information content (AvgIpc) is 2.45. The van der Waals surface area contributed by atoms with Gasteiger partial charge in [-0.25, -0.2) is 0 Å². The fourth-order valence-corrected chi connectivity index (χ4v) is 3.14. The van der Waals surface area contributed by atoms with E-state index < -0.39 is 0 Å². The Morgan fingerprint density at radius 2 is 2.00 bits per heavy atom. The second kappa shape index (κ2) is 7.63. The van der Waals surface area contributed by atoms with E-state index in [0.29, 0.717) is 6.04 Å². The predicted molar refractivity (Wildman–Crippen MR) is 83.0 cm³/mol. The first-order valence-electron chi connectivity index (χ1n) is 7.98. The van der Waals surface area contributed by atoms with Crippen LogP contribution in [0.2, 0.25) is 0 Å². The summed E-state index contributed by atoms with van der Waals surface area (Å²) >= 11 is 0. The van der Waals surface area contributed by atoms with E-state index in [1.54, 1.807) is 6.20 Å². The van der Waals surface area contributed by atoms with Crippen molar-refractivity contribution in [2.24, 2.45) is 5.92 Å². The third-order valence-corrected chi connectivity index (χ3v) is 4.15. The van der Waals surface area contributed by atoms with E-state index in [-0.39, 0.29) is 6.10 Å². The number of aromatic nitrogens is 1. The van der Waals surface area contributed by atoms with Gasteiger partial charge in [-0.05, 0) is 44.9 Å². The Bertz CT molecular complexity index is 400. The molecule has 1 aliphatic carbocycles. The molecule has 0 saturated heterocycles. The summed E-state index contributed by atoms with van der Waals surface area (Å²) in [7, 11) is 2.05. The van der Waals surface area contributed by atoms with Crippen molar-refractivity contribution in [1.82, 2.24) is 10.3 Å². The predicted octanol–water partition coefficient (Wildman–Crippen LogP) is 4.10. The number of rotatable bonds is 6. The van der Waals surface area contributed by atoms with E-state index in [9.17, 15) is 0 Å². The lowest BCUT2D eigenvalue weighted by molar-refractivity contribution is 0.240. The molecule has 0 bridgehead atoms. The van der Waals surface area contributed by atoms with Crippen LogP contribution in [0.1, 0.15) is 64.0 Å². The zero-order valence-corrected chi connectivity index (χ0v) is 13.1. The van der Waals surface area contributed by atoms with E-state index in [1.807, 2.05) is 27.1 Å². The SMILES string of the molecule is CNC(CC1CCCCC1)c1cncc(OC(C)C)c1. The third kappa shape index (κ3) is 4.48.